The Bertz CT molecular complexity index is 115. The van der Waals surface area contributed by atoms with Gasteiger partial charge in [-0.25, -0.2) is 0 Å². The van der Waals surface area contributed by atoms with E-state index in [2.05, 4.69) is 20.8 Å². The van der Waals surface area contributed by atoms with E-state index in [1.807, 2.05) is 0 Å². The van der Waals surface area contributed by atoms with E-state index in [9.17, 15) is 0 Å². The molecule has 1 fully saturated rings. The summed E-state index contributed by atoms with van der Waals surface area (Å²) in [4.78, 5) is 0. The summed E-state index contributed by atoms with van der Waals surface area (Å²) in [6.07, 6.45) is 8.90. The van der Waals surface area contributed by atoms with E-state index in [0.29, 0.717) is 0 Å². The zero-order valence-corrected chi connectivity index (χ0v) is 8.97. The molecule has 1 rings (SSSR count). The summed E-state index contributed by atoms with van der Waals surface area (Å²) in [5.74, 6) is 2.97. The summed E-state index contributed by atoms with van der Waals surface area (Å²) in [6, 6.07) is 0. The van der Waals surface area contributed by atoms with Crippen molar-refractivity contribution in [2.24, 2.45) is 17.8 Å². The van der Waals surface area contributed by atoms with Gasteiger partial charge in [-0.05, 0) is 24.2 Å². The van der Waals surface area contributed by atoms with Gasteiger partial charge in [-0.15, -0.1) is 0 Å². The van der Waals surface area contributed by atoms with Crippen LogP contribution in [0, 0.1) is 17.8 Å². The van der Waals surface area contributed by atoms with Crippen molar-refractivity contribution < 1.29 is 0 Å². The number of hydrogen-bond acceptors (Lipinski definition) is 0. The van der Waals surface area contributed by atoms with Crippen molar-refractivity contribution in [3.05, 3.63) is 0 Å². The van der Waals surface area contributed by atoms with Crippen LogP contribution in [0.25, 0.3) is 0 Å². The van der Waals surface area contributed by atoms with Gasteiger partial charge >= 0.3 is 0 Å². The van der Waals surface area contributed by atoms with Crippen LogP contribution in [0.4, 0.5) is 0 Å². The van der Waals surface area contributed by atoms with Crippen LogP contribution in [0.2, 0.25) is 0 Å². The highest BCUT2D eigenvalue weighted by atomic mass is 14.3. The van der Waals surface area contributed by atoms with E-state index in [1.54, 1.807) is 0 Å². The van der Waals surface area contributed by atoms with E-state index in [1.165, 1.54) is 38.5 Å². The molecule has 72 valence electrons. The van der Waals surface area contributed by atoms with Crippen LogP contribution in [0.3, 0.4) is 0 Å². The molecule has 0 aromatic heterocycles. The van der Waals surface area contributed by atoms with Gasteiger partial charge in [-0.2, -0.15) is 0 Å². The van der Waals surface area contributed by atoms with E-state index in [0.717, 1.165) is 17.8 Å². The normalized spacial score (nSPS) is 31.0. The molecule has 0 unspecified atom stereocenters. The predicted molar refractivity (Wildman–Crippen MR) is 55.2 cm³/mol. The molecule has 0 heteroatoms. The maximum absolute atomic E-state index is 2.45. The first-order valence-corrected chi connectivity index (χ1v) is 5.70. The van der Waals surface area contributed by atoms with E-state index in [-0.39, 0.29) is 0 Å². The lowest BCUT2D eigenvalue weighted by molar-refractivity contribution is 0.230. The van der Waals surface area contributed by atoms with E-state index in [4.69, 9.17) is 0 Å². The first kappa shape index (κ1) is 10.1. The maximum Gasteiger partial charge on any atom is -0.0388 e. The van der Waals surface area contributed by atoms with Crippen LogP contribution in [-0.4, -0.2) is 0 Å². The molecule has 0 bridgehead atoms. The Balaban J connectivity index is 2.20. The summed E-state index contributed by atoms with van der Waals surface area (Å²) < 4.78 is 0. The van der Waals surface area contributed by atoms with Gasteiger partial charge in [-0.1, -0.05) is 52.9 Å². The highest BCUT2D eigenvalue weighted by molar-refractivity contribution is 4.72. The topological polar surface area (TPSA) is 0 Å². The number of hydrogen-bond donors (Lipinski definition) is 0. The fourth-order valence-electron chi connectivity index (χ4n) is 2.37. The first-order chi connectivity index (χ1) is 5.70. The Morgan fingerprint density at radius 1 is 1.17 bits per heavy atom. The number of rotatable bonds is 3. The molecule has 0 saturated heterocycles. The lowest BCUT2D eigenvalue weighted by Gasteiger charge is -2.29. The van der Waals surface area contributed by atoms with E-state index < -0.39 is 0 Å². The van der Waals surface area contributed by atoms with Crippen LogP contribution in [0.5, 0.6) is 0 Å². The smallest absolute Gasteiger partial charge is 0.0388 e. The summed E-state index contributed by atoms with van der Waals surface area (Å²) in [7, 11) is 0. The molecule has 1 aliphatic carbocycles. The van der Waals surface area contributed by atoms with Crippen LogP contribution in [-0.2, 0) is 0 Å². The molecule has 0 N–H and O–H groups in total. The molecule has 0 radical (unpaired) electrons. The Labute approximate surface area is 77.7 Å². The van der Waals surface area contributed by atoms with Crippen molar-refractivity contribution in [1.29, 1.82) is 0 Å². The van der Waals surface area contributed by atoms with Gasteiger partial charge in [0.2, 0.25) is 0 Å². The van der Waals surface area contributed by atoms with Gasteiger partial charge in [-0.3, -0.25) is 0 Å². The maximum atomic E-state index is 2.45. The zero-order valence-electron chi connectivity index (χ0n) is 8.97. The van der Waals surface area contributed by atoms with Gasteiger partial charge in [0, 0.05) is 0 Å². The molecular weight excluding hydrogens is 144 g/mol. The molecule has 1 saturated carbocycles. The summed E-state index contributed by atoms with van der Waals surface area (Å²) in [5.41, 5.74) is 0. The minimum Gasteiger partial charge on any atom is -0.0628 e. The third kappa shape index (κ3) is 3.16. The summed E-state index contributed by atoms with van der Waals surface area (Å²) >= 11 is 0. The van der Waals surface area contributed by atoms with Crippen LogP contribution < -0.4 is 0 Å². The fourth-order valence-corrected chi connectivity index (χ4v) is 2.37. The monoisotopic (exact) mass is 168 g/mol. The second-order valence-electron chi connectivity index (χ2n) is 4.99. The van der Waals surface area contributed by atoms with Crippen molar-refractivity contribution in [3.8, 4) is 0 Å². The molecule has 0 nitrogen and oxygen atoms in total. The average molecular weight is 168 g/mol. The van der Waals surface area contributed by atoms with Crippen molar-refractivity contribution >= 4 is 0 Å². The standard InChI is InChI=1S/C12H24/c1-10(2)8-9-12-7-5-4-6-11(12)3/h10-12H,4-9H2,1-3H3/t11-,12-/m1/s1. The van der Waals surface area contributed by atoms with Crippen LogP contribution in [0.1, 0.15) is 59.3 Å². The molecule has 2 atom stereocenters. The van der Waals surface area contributed by atoms with Crippen LogP contribution >= 0.6 is 0 Å². The van der Waals surface area contributed by atoms with Crippen molar-refractivity contribution in [2.75, 3.05) is 0 Å². The molecule has 0 aliphatic heterocycles. The first-order valence-electron chi connectivity index (χ1n) is 5.70. The quantitative estimate of drug-likeness (QED) is 0.591. The third-order valence-electron chi connectivity index (χ3n) is 3.40. The third-order valence-corrected chi connectivity index (χ3v) is 3.40. The Morgan fingerprint density at radius 2 is 1.83 bits per heavy atom. The predicted octanol–water partition coefficient (Wildman–Crippen LogP) is 4.25. The van der Waals surface area contributed by atoms with Gasteiger partial charge in [0.1, 0.15) is 0 Å². The second kappa shape index (κ2) is 4.89. The second-order valence-corrected chi connectivity index (χ2v) is 4.99. The zero-order chi connectivity index (χ0) is 8.97. The van der Waals surface area contributed by atoms with Crippen molar-refractivity contribution in [3.63, 3.8) is 0 Å². The minimum atomic E-state index is 0.902. The summed E-state index contributed by atoms with van der Waals surface area (Å²) in [6.45, 7) is 7.13. The minimum absolute atomic E-state index is 0.902. The van der Waals surface area contributed by atoms with Crippen molar-refractivity contribution in [1.82, 2.24) is 0 Å². The van der Waals surface area contributed by atoms with Gasteiger partial charge in [0.25, 0.3) is 0 Å². The lowest BCUT2D eigenvalue weighted by Crippen LogP contribution is -2.17. The van der Waals surface area contributed by atoms with Gasteiger partial charge < -0.3 is 0 Å². The lowest BCUT2D eigenvalue weighted by atomic mass is 9.77. The van der Waals surface area contributed by atoms with Gasteiger partial charge in [0.15, 0.2) is 0 Å². The molecule has 0 aromatic rings. The Hall–Kier alpha value is 0. The molecule has 12 heavy (non-hydrogen) atoms. The molecule has 1 aliphatic rings. The van der Waals surface area contributed by atoms with Crippen LogP contribution in [0.15, 0.2) is 0 Å². The highest BCUT2D eigenvalue weighted by Crippen LogP contribution is 2.33. The molecular formula is C12H24. The van der Waals surface area contributed by atoms with Crippen molar-refractivity contribution in [2.45, 2.75) is 59.3 Å². The highest BCUT2D eigenvalue weighted by Gasteiger charge is 2.20. The van der Waals surface area contributed by atoms with E-state index >= 15 is 0 Å². The molecule has 0 amide bonds. The molecule has 0 aromatic carbocycles. The Morgan fingerprint density at radius 3 is 2.42 bits per heavy atom. The SMILES string of the molecule is CC(C)CC[C@H]1CCCC[C@H]1C. The molecule has 0 spiro atoms. The largest absolute Gasteiger partial charge is 0.0628 e. The Kier molecular flexibility index (Phi) is 4.11. The molecule has 0 heterocycles. The fraction of sp³-hybridized carbons (Fsp3) is 1.00. The summed E-state index contributed by atoms with van der Waals surface area (Å²) in [5, 5.41) is 0. The van der Waals surface area contributed by atoms with Gasteiger partial charge in [0.05, 0.1) is 0 Å². The average Bonchev–Trinajstić information content (AvgIpc) is 2.03.